The first-order valence-corrected chi connectivity index (χ1v) is 6.45. The highest BCUT2D eigenvalue weighted by Gasteiger charge is 2.18. The molecule has 1 aliphatic rings. The first kappa shape index (κ1) is 11.2. The largest absolute Gasteiger partial charge is 0.353 e. The van der Waals surface area contributed by atoms with Gasteiger partial charge in [-0.05, 0) is 30.5 Å². The number of Topliss-reactive ketones (excluding diaryl/α,β-unsaturated/α-hetero) is 1. The molecule has 0 aliphatic heterocycles. The number of aryl methyl sites for hydroxylation is 3. The summed E-state index contributed by atoms with van der Waals surface area (Å²) in [6.45, 7) is 0.886. The zero-order chi connectivity index (χ0) is 12.4. The van der Waals surface area contributed by atoms with E-state index < -0.39 is 0 Å². The Morgan fingerprint density at radius 3 is 2.94 bits per heavy atom. The van der Waals surface area contributed by atoms with E-state index in [0.717, 1.165) is 37.1 Å². The van der Waals surface area contributed by atoms with Crippen LogP contribution in [0.5, 0.6) is 0 Å². The second-order valence-electron chi connectivity index (χ2n) is 4.78. The minimum atomic E-state index is 0.299. The molecule has 0 fully saturated rings. The third-order valence-electron chi connectivity index (χ3n) is 3.47. The maximum Gasteiger partial charge on any atom is 0.164 e. The Bertz CT molecular complexity index is 557. The molecule has 0 radical (unpaired) electrons. The molecule has 92 valence electrons. The zero-order valence-electron chi connectivity index (χ0n) is 10.3. The van der Waals surface area contributed by atoms with Crippen LogP contribution < -0.4 is 0 Å². The van der Waals surface area contributed by atoms with Crippen molar-refractivity contribution in [3.05, 3.63) is 53.6 Å². The van der Waals surface area contributed by atoms with Gasteiger partial charge in [-0.1, -0.05) is 6.07 Å². The summed E-state index contributed by atoms with van der Waals surface area (Å²) in [5.41, 5.74) is 3.24. The normalized spacial score (nSPS) is 14.6. The van der Waals surface area contributed by atoms with Gasteiger partial charge in [0.1, 0.15) is 0 Å². The molecule has 0 saturated carbocycles. The molecule has 0 bridgehead atoms. The summed E-state index contributed by atoms with van der Waals surface area (Å²) in [6, 6.07) is 5.97. The highest BCUT2D eigenvalue weighted by Crippen LogP contribution is 2.22. The molecule has 3 nitrogen and oxygen atoms in total. The number of hydrogen-bond donors (Lipinski definition) is 0. The molecule has 0 N–H and O–H groups in total. The summed E-state index contributed by atoms with van der Waals surface area (Å²) in [5.74, 6) is 0.299. The van der Waals surface area contributed by atoms with Gasteiger partial charge in [-0.15, -0.1) is 0 Å². The van der Waals surface area contributed by atoms with Crippen molar-refractivity contribution in [2.75, 3.05) is 0 Å². The molecule has 0 unspecified atom stereocenters. The topological polar surface area (TPSA) is 34.9 Å². The third-order valence-corrected chi connectivity index (χ3v) is 3.47. The molecule has 2 aromatic rings. The van der Waals surface area contributed by atoms with Crippen LogP contribution in [0.4, 0.5) is 0 Å². The molecule has 1 aliphatic carbocycles. The van der Waals surface area contributed by atoms with Gasteiger partial charge in [-0.3, -0.25) is 9.78 Å². The molecular formula is C15H16N2O. The lowest BCUT2D eigenvalue weighted by Crippen LogP contribution is -2.07. The number of aromatic nitrogens is 2. The van der Waals surface area contributed by atoms with Crippen LogP contribution in [0, 0.1) is 0 Å². The summed E-state index contributed by atoms with van der Waals surface area (Å²) >= 11 is 0. The first-order valence-electron chi connectivity index (χ1n) is 6.45. The van der Waals surface area contributed by atoms with Crippen LogP contribution in [0.1, 0.15) is 34.5 Å². The number of hydrogen-bond acceptors (Lipinski definition) is 2. The van der Waals surface area contributed by atoms with Gasteiger partial charge in [0, 0.05) is 49.2 Å². The number of nitrogens with zero attached hydrogens (tertiary/aromatic N) is 2. The predicted octanol–water partition coefficient (Wildman–Crippen LogP) is 2.64. The van der Waals surface area contributed by atoms with Crippen LogP contribution >= 0.6 is 0 Å². The molecular weight excluding hydrogens is 224 g/mol. The van der Waals surface area contributed by atoms with E-state index in [-0.39, 0.29) is 0 Å². The SMILES string of the molecule is O=C1CCCc2cn(CCc3ccccn3)cc21. The van der Waals surface area contributed by atoms with Crippen LogP contribution in [0.25, 0.3) is 0 Å². The van der Waals surface area contributed by atoms with Gasteiger partial charge in [0.25, 0.3) is 0 Å². The van der Waals surface area contributed by atoms with Crippen molar-refractivity contribution in [2.24, 2.45) is 0 Å². The molecule has 3 rings (SSSR count). The van der Waals surface area contributed by atoms with Gasteiger partial charge in [0.15, 0.2) is 5.78 Å². The summed E-state index contributed by atoms with van der Waals surface area (Å²) < 4.78 is 2.13. The van der Waals surface area contributed by atoms with Crippen molar-refractivity contribution in [3.63, 3.8) is 0 Å². The van der Waals surface area contributed by atoms with Crippen molar-refractivity contribution in [2.45, 2.75) is 32.2 Å². The standard InChI is InChI=1S/C15H16N2O/c18-15-6-3-4-12-10-17(11-14(12)15)9-7-13-5-1-2-8-16-13/h1-2,5,8,10-11H,3-4,6-7,9H2. The highest BCUT2D eigenvalue weighted by molar-refractivity contribution is 5.98. The number of pyridine rings is 1. The molecule has 0 atom stereocenters. The second-order valence-corrected chi connectivity index (χ2v) is 4.78. The van der Waals surface area contributed by atoms with Crippen molar-refractivity contribution in [1.29, 1.82) is 0 Å². The van der Waals surface area contributed by atoms with Gasteiger partial charge < -0.3 is 4.57 Å². The molecule has 0 spiro atoms. The average Bonchev–Trinajstić information content (AvgIpc) is 2.82. The Morgan fingerprint density at radius 1 is 1.22 bits per heavy atom. The number of fused-ring (bicyclic) bond motifs is 1. The molecule has 2 heterocycles. The maximum atomic E-state index is 11.7. The van der Waals surface area contributed by atoms with E-state index in [4.69, 9.17) is 0 Å². The average molecular weight is 240 g/mol. The monoisotopic (exact) mass is 240 g/mol. The van der Waals surface area contributed by atoms with Gasteiger partial charge >= 0.3 is 0 Å². The molecule has 18 heavy (non-hydrogen) atoms. The van der Waals surface area contributed by atoms with E-state index in [2.05, 4.69) is 15.7 Å². The number of rotatable bonds is 3. The summed E-state index contributed by atoms with van der Waals surface area (Å²) in [7, 11) is 0. The zero-order valence-corrected chi connectivity index (χ0v) is 10.3. The van der Waals surface area contributed by atoms with Crippen molar-refractivity contribution >= 4 is 5.78 Å². The summed E-state index contributed by atoms with van der Waals surface area (Å²) in [4.78, 5) is 16.1. The Labute approximate surface area is 106 Å². The van der Waals surface area contributed by atoms with E-state index in [1.807, 2.05) is 30.6 Å². The van der Waals surface area contributed by atoms with Crippen molar-refractivity contribution in [3.8, 4) is 0 Å². The Balaban J connectivity index is 1.72. The molecule has 2 aromatic heterocycles. The van der Waals surface area contributed by atoms with Gasteiger partial charge in [0.05, 0.1) is 0 Å². The highest BCUT2D eigenvalue weighted by atomic mass is 16.1. The number of carbonyl (C=O) groups is 1. The van der Waals surface area contributed by atoms with Crippen LogP contribution in [0.15, 0.2) is 36.8 Å². The molecule has 0 amide bonds. The Morgan fingerprint density at radius 2 is 2.17 bits per heavy atom. The minimum absolute atomic E-state index is 0.299. The third kappa shape index (κ3) is 2.21. The molecule has 0 saturated heterocycles. The quantitative estimate of drug-likeness (QED) is 0.826. The van der Waals surface area contributed by atoms with Crippen molar-refractivity contribution in [1.82, 2.24) is 9.55 Å². The lowest BCUT2D eigenvalue weighted by Gasteiger charge is -2.07. The van der Waals surface area contributed by atoms with Crippen LogP contribution in [-0.2, 0) is 19.4 Å². The van der Waals surface area contributed by atoms with Crippen LogP contribution in [0.3, 0.4) is 0 Å². The predicted molar refractivity (Wildman–Crippen MR) is 69.6 cm³/mol. The van der Waals surface area contributed by atoms with Crippen LogP contribution in [0.2, 0.25) is 0 Å². The van der Waals surface area contributed by atoms with E-state index in [9.17, 15) is 4.79 Å². The molecule has 0 aromatic carbocycles. The lowest BCUT2D eigenvalue weighted by molar-refractivity contribution is 0.0973. The molecule has 3 heteroatoms. The summed E-state index contributed by atoms with van der Waals surface area (Å²) in [5, 5.41) is 0. The first-order chi connectivity index (χ1) is 8.83. The Kier molecular flexibility index (Phi) is 2.97. The fourth-order valence-electron chi connectivity index (χ4n) is 2.50. The Hall–Kier alpha value is -1.90. The second kappa shape index (κ2) is 4.77. The lowest BCUT2D eigenvalue weighted by atomic mass is 9.95. The minimum Gasteiger partial charge on any atom is -0.353 e. The van der Waals surface area contributed by atoms with Gasteiger partial charge in [-0.25, -0.2) is 0 Å². The van der Waals surface area contributed by atoms with Crippen LogP contribution in [-0.4, -0.2) is 15.3 Å². The van der Waals surface area contributed by atoms with Crippen molar-refractivity contribution < 1.29 is 4.79 Å². The number of ketones is 1. The van der Waals surface area contributed by atoms with Gasteiger partial charge in [0.2, 0.25) is 0 Å². The van der Waals surface area contributed by atoms with Gasteiger partial charge in [-0.2, -0.15) is 0 Å². The fraction of sp³-hybridized carbons (Fsp3) is 0.333. The number of carbonyl (C=O) groups excluding carboxylic acids is 1. The maximum absolute atomic E-state index is 11.7. The van der Waals surface area contributed by atoms with E-state index in [0.29, 0.717) is 12.2 Å². The fourth-order valence-corrected chi connectivity index (χ4v) is 2.50. The summed E-state index contributed by atoms with van der Waals surface area (Å²) in [6.07, 6.45) is 9.59. The van der Waals surface area contributed by atoms with E-state index >= 15 is 0 Å². The smallest absolute Gasteiger partial charge is 0.164 e. The van der Waals surface area contributed by atoms with E-state index in [1.165, 1.54) is 5.56 Å². The van der Waals surface area contributed by atoms with E-state index in [1.54, 1.807) is 0 Å².